The van der Waals surface area contributed by atoms with Crippen molar-refractivity contribution in [1.82, 2.24) is 10.4 Å². The van der Waals surface area contributed by atoms with Crippen molar-refractivity contribution in [3.05, 3.63) is 69.4 Å². The summed E-state index contributed by atoms with van der Waals surface area (Å²) in [4.78, 5) is 83.5. The zero-order valence-electron chi connectivity index (χ0n) is 38.0. The first-order valence-corrected chi connectivity index (χ1v) is 22.5. The van der Waals surface area contributed by atoms with Gasteiger partial charge in [0, 0.05) is 60.8 Å². The highest BCUT2D eigenvalue weighted by atomic mass is 16.7. The minimum atomic E-state index is -1.63. The molecule has 1 saturated carbocycles. The smallest absolute Gasteiger partial charge is 0.333 e. The number of aromatic hydroxyl groups is 1. The average Bonchev–Trinajstić information content (AvgIpc) is 3.61. The molecule has 2 N–H and O–H groups in total. The Hall–Kier alpha value is -5.30. The number of benzene rings is 1. The minimum Gasteiger partial charge on any atom is -0.506 e. The maximum atomic E-state index is 15.0. The van der Waals surface area contributed by atoms with Crippen LogP contribution in [0.5, 0.6) is 17.2 Å². The predicted molar refractivity (Wildman–Crippen MR) is 235 cm³/mol. The molecule has 3 amide bonds. The number of phenolic OH excluding ortho intramolecular Hbond substituents is 1. The number of rotatable bonds is 17. The van der Waals surface area contributed by atoms with Crippen molar-refractivity contribution in [3.63, 3.8) is 0 Å². The summed E-state index contributed by atoms with van der Waals surface area (Å²) in [5.74, 6) is -3.09. The Morgan fingerprint density at radius 2 is 1.59 bits per heavy atom. The number of nitrogens with zero attached hydrogens (tertiary/aromatic N) is 1. The lowest BCUT2D eigenvalue weighted by molar-refractivity contribution is -0.197. The topological polar surface area (TPSA) is 175 Å². The van der Waals surface area contributed by atoms with Gasteiger partial charge in [0.1, 0.15) is 28.4 Å². The Balaban J connectivity index is 1.09. The number of hydrogen-bond donors (Lipinski definition) is 2. The normalized spacial score (nSPS) is 27.2. The molecule has 0 aromatic heterocycles. The second kappa shape index (κ2) is 17.3. The van der Waals surface area contributed by atoms with Gasteiger partial charge >= 0.3 is 5.97 Å². The van der Waals surface area contributed by atoms with Gasteiger partial charge in [-0.15, -0.1) is 5.06 Å². The van der Waals surface area contributed by atoms with E-state index >= 15 is 4.79 Å². The van der Waals surface area contributed by atoms with Crippen molar-refractivity contribution in [2.24, 2.45) is 11.8 Å². The van der Waals surface area contributed by atoms with E-state index in [2.05, 4.69) is 25.2 Å². The van der Waals surface area contributed by atoms with Gasteiger partial charge in [-0.3, -0.25) is 24.0 Å². The van der Waals surface area contributed by atoms with Crippen LogP contribution in [0.1, 0.15) is 154 Å². The Morgan fingerprint density at radius 3 is 2.29 bits per heavy atom. The van der Waals surface area contributed by atoms with Crippen molar-refractivity contribution in [2.75, 3.05) is 6.54 Å². The second-order valence-corrected chi connectivity index (χ2v) is 19.3. The van der Waals surface area contributed by atoms with Crippen LogP contribution >= 0.6 is 0 Å². The molecule has 5 atom stereocenters. The molecule has 5 unspecified atom stereocenters. The molecule has 0 radical (unpaired) electrons. The molecule has 338 valence electrons. The molecule has 3 fully saturated rings. The van der Waals surface area contributed by atoms with E-state index in [1.165, 1.54) is 5.57 Å². The molecule has 3 aliphatic carbocycles. The predicted octanol–water partition coefficient (Wildman–Crippen LogP) is 8.22. The fourth-order valence-electron chi connectivity index (χ4n) is 10.2. The van der Waals surface area contributed by atoms with Crippen LogP contribution in [0.15, 0.2) is 52.7 Å². The van der Waals surface area contributed by atoms with Gasteiger partial charge in [0.05, 0.1) is 11.2 Å². The summed E-state index contributed by atoms with van der Waals surface area (Å²) >= 11 is 0. The molecule has 4 aliphatic heterocycles. The lowest BCUT2D eigenvalue weighted by Gasteiger charge is -2.56. The zero-order chi connectivity index (χ0) is 45.6. The van der Waals surface area contributed by atoms with E-state index in [0.717, 1.165) is 31.3 Å². The number of phenols is 1. The van der Waals surface area contributed by atoms with E-state index < -0.39 is 57.8 Å². The third kappa shape index (κ3) is 8.22. The number of carbonyl (C=O) groups excluding carboxylic acids is 6. The molecular weight excluding hydrogens is 805 g/mol. The Morgan fingerprint density at radius 1 is 0.905 bits per heavy atom. The highest BCUT2D eigenvalue weighted by Crippen LogP contribution is 2.68. The Kier molecular flexibility index (Phi) is 12.6. The van der Waals surface area contributed by atoms with Gasteiger partial charge in [-0.2, -0.15) is 0 Å². The fraction of sp³-hybridized carbons (Fsp3) is 0.560. The molecule has 8 rings (SSSR count). The molecule has 1 spiro atoms. The Bertz CT molecular complexity index is 2270. The van der Waals surface area contributed by atoms with Crippen molar-refractivity contribution in [3.8, 4) is 17.2 Å². The summed E-state index contributed by atoms with van der Waals surface area (Å²) in [7, 11) is 0. The van der Waals surface area contributed by atoms with Gasteiger partial charge in [-0.1, -0.05) is 54.7 Å². The number of imide groups is 1. The molecular formula is C50H62N2O11. The third-order valence-corrected chi connectivity index (χ3v) is 13.5. The standard InChI is InChI=1S/C50H62N2O11/c1-29(2)15-14-23-48(8)24-22-33-41(56)40-42(57)35-27-32-28-36-47(6,7)63-49(45(32)58,50(35,36)61-44(40)34(43(33)60-48)18-17-30(3)4)25-21-31(5)46(59)51-26-13-11-9-10-12-16-39(55)62-52-37(53)19-20-38(52)54/h15,17,21-22,24,27,32,36,56H,9-14,16,18-20,23,25-26,28H2,1-8H3,(H,51,59)/b31-21-. The summed E-state index contributed by atoms with van der Waals surface area (Å²) in [6.07, 6.45) is 17.5. The Labute approximate surface area is 369 Å². The van der Waals surface area contributed by atoms with E-state index in [0.29, 0.717) is 71.7 Å². The molecule has 2 saturated heterocycles. The first-order chi connectivity index (χ1) is 29.7. The minimum absolute atomic E-state index is 0.00805. The van der Waals surface area contributed by atoms with Crippen molar-refractivity contribution < 1.29 is 52.9 Å². The number of ether oxygens (including phenoxy) is 3. The number of amides is 3. The molecule has 1 aromatic rings. The number of Topliss-reactive ketones (excluding diaryl/α,β-unsaturated/α-hetero) is 2. The first kappa shape index (κ1) is 45.7. The van der Waals surface area contributed by atoms with Crippen molar-refractivity contribution >= 4 is 41.3 Å². The van der Waals surface area contributed by atoms with Crippen LogP contribution in [0, 0.1) is 11.8 Å². The monoisotopic (exact) mass is 866 g/mol. The number of ketones is 2. The summed E-state index contributed by atoms with van der Waals surface area (Å²) in [5.41, 5.74) is -0.708. The van der Waals surface area contributed by atoms with E-state index in [4.69, 9.17) is 19.0 Å². The van der Waals surface area contributed by atoms with E-state index in [-0.39, 0.29) is 54.4 Å². The average molecular weight is 867 g/mol. The maximum absolute atomic E-state index is 15.0. The molecule has 4 bridgehead atoms. The molecule has 63 heavy (non-hydrogen) atoms. The van der Waals surface area contributed by atoms with E-state index in [1.54, 1.807) is 19.1 Å². The third-order valence-electron chi connectivity index (χ3n) is 13.5. The molecule has 1 aromatic carbocycles. The van der Waals surface area contributed by atoms with Gasteiger partial charge in [-0.05, 0) is 106 Å². The van der Waals surface area contributed by atoms with Crippen LogP contribution < -0.4 is 14.8 Å². The van der Waals surface area contributed by atoms with Crippen LogP contribution in [-0.2, 0) is 40.0 Å². The van der Waals surface area contributed by atoms with Gasteiger partial charge in [0.2, 0.25) is 5.91 Å². The number of carbonyl (C=O) groups is 6. The molecule has 13 nitrogen and oxygen atoms in total. The first-order valence-electron chi connectivity index (χ1n) is 22.5. The summed E-state index contributed by atoms with van der Waals surface area (Å²) < 4.78 is 21.0. The van der Waals surface area contributed by atoms with Crippen LogP contribution in [0.2, 0.25) is 0 Å². The van der Waals surface area contributed by atoms with Gasteiger partial charge < -0.3 is 29.5 Å². The lowest BCUT2D eigenvalue weighted by Crippen LogP contribution is -2.72. The van der Waals surface area contributed by atoms with Crippen molar-refractivity contribution in [2.45, 2.75) is 161 Å². The molecule has 7 aliphatic rings. The number of allylic oxidation sites excluding steroid dienone is 5. The number of hydroxylamine groups is 2. The zero-order valence-corrected chi connectivity index (χ0v) is 38.0. The van der Waals surface area contributed by atoms with Crippen molar-refractivity contribution in [1.29, 1.82) is 0 Å². The fourth-order valence-corrected chi connectivity index (χ4v) is 10.2. The number of hydrogen-bond acceptors (Lipinski definition) is 11. The quantitative estimate of drug-likeness (QED) is 0.0668. The highest BCUT2D eigenvalue weighted by Gasteiger charge is 2.81. The lowest BCUT2D eigenvalue weighted by atomic mass is 9.51. The maximum Gasteiger partial charge on any atom is 0.333 e. The number of unbranched alkanes of at least 4 members (excludes halogenated alkanes) is 4. The van der Waals surface area contributed by atoms with Crippen LogP contribution in [0.4, 0.5) is 0 Å². The van der Waals surface area contributed by atoms with Gasteiger partial charge in [0.25, 0.3) is 11.8 Å². The van der Waals surface area contributed by atoms with Crippen LogP contribution in [0.3, 0.4) is 0 Å². The van der Waals surface area contributed by atoms with Gasteiger partial charge in [-0.25, -0.2) is 4.79 Å². The molecule has 4 heterocycles. The van der Waals surface area contributed by atoms with E-state index in [9.17, 15) is 29.1 Å². The van der Waals surface area contributed by atoms with Crippen LogP contribution in [0.25, 0.3) is 6.08 Å². The SMILES string of the molecule is CC(C)=CCCC1(C)C=Cc2c(O)c3c(c(CC=C(C)C)c2O1)OC12C(=CC4CC1C(C)(C)OC2(C/C=C(/C)C(=O)NCCCCCCCC(=O)ON1C(=O)CCC1=O)C4=O)C3=O. The highest BCUT2D eigenvalue weighted by molar-refractivity contribution is 6.19. The summed E-state index contributed by atoms with van der Waals surface area (Å²) in [5, 5.41) is 15.5. The summed E-state index contributed by atoms with van der Waals surface area (Å²) in [6.45, 7) is 16.1. The van der Waals surface area contributed by atoms with Gasteiger partial charge in [0.15, 0.2) is 22.8 Å². The number of nitrogens with one attached hydrogen (secondary N) is 1. The van der Waals surface area contributed by atoms with Crippen LogP contribution in [-0.4, -0.2) is 74.4 Å². The van der Waals surface area contributed by atoms with E-state index in [1.807, 2.05) is 52.8 Å². The second-order valence-electron chi connectivity index (χ2n) is 19.3. The number of fused-ring (bicyclic) bond motifs is 2. The largest absolute Gasteiger partial charge is 0.506 e. The molecule has 13 heteroatoms. The summed E-state index contributed by atoms with van der Waals surface area (Å²) in [6, 6.07) is 0.